The lowest BCUT2D eigenvalue weighted by molar-refractivity contribution is -0.113. The molecule has 3 rings (SSSR count). The number of rotatable bonds is 6. The Hall–Kier alpha value is -3.24. The number of ether oxygens (including phenoxy) is 2. The third kappa shape index (κ3) is 4.61. The fourth-order valence-electron chi connectivity index (χ4n) is 3.03. The van der Waals surface area contributed by atoms with Gasteiger partial charge in [0.15, 0.2) is 0 Å². The molecular formula is C22H21N3O3S. The molecule has 0 aliphatic rings. The van der Waals surface area contributed by atoms with Gasteiger partial charge in [-0.3, -0.25) is 4.79 Å². The van der Waals surface area contributed by atoms with Gasteiger partial charge in [-0.25, -0.2) is 4.98 Å². The fourth-order valence-corrected chi connectivity index (χ4v) is 3.80. The summed E-state index contributed by atoms with van der Waals surface area (Å²) in [6.45, 7) is 4.01. The molecule has 2 aromatic carbocycles. The van der Waals surface area contributed by atoms with E-state index in [0.717, 1.165) is 22.0 Å². The van der Waals surface area contributed by atoms with Gasteiger partial charge in [0, 0.05) is 11.5 Å². The van der Waals surface area contributed by atoms with Gasteiger partial charge in [0.1, 0.15) is 22.6 Å². The first-order chi connectivity index (χ1) is 13.9. The first kappa shape index (κ1) is 20.5. The van der Waals surface area contributed by atoms with Crippen LogP contribution in [0.5, 0.6) is 11.5 Å². The van der Waals surface area contributed by atoms with Gasteiger partial charge in [0.05, 0.1) is 36.7 Å². The zero-order valence-electron chi connectivity index (χ0n) is 16.7. The summed E-state index contributed by atoms with van der Waals surface area (Å²) in [5.41, 5.74) is 3.98. The maximum Gasteiger partial charge on any atom is 0.234 e. The molecule has 1 aromatic heterocycles. The number of aryl methyl sites for hydroxylation is 2. The zero-order chi connectivity index (χ0) is 21.0. The van der Waals surface area contributed by atoms with Crippen LogP contribution < -0.4 is 14.8 Å². The van der Waals surface area contributed by atoms with Crippen LogP contribution in [-0.4, -0.2) is 30.9 Å². The van der Waals surface area contributed by atoms with E-state index in [1.54, 1.807) is 25.3 Å². The highest BCUT2D eigenvalue weighted by molar-refractivity contribution is 8.00. The van der Waals surface area contributed by atoms with E-state index in [1.807, 2.05) is 26.0 Å². The van der Waals surface area contributed by atoms with E-state index in [0.29, 0.717) is 27.8 Å². The molecule has 0 aliphatic carbocycles. The van der Waals surface area contributed by atoms with Crippen molar-refractivity contribution in [3.05, 3.63) is 53.1 Å². The molecule has 1 amide bonds. The summed E-state index contributed by atoms with van der Waals surface area (Å²) in [4.78, 5) is 17.1. The average molecular weight is 407 g/mol. The zero-order valence-corrected chi connectivity index (χ0v) is 17.5. The molecule has 29 heavy (non-hydrogen) atoms. The monoisotopic (exact) mass is 407 g/mol. The highest BCUT2D eigenvalue weighted by atomic mass is 32.2. The number of methoxy groups -OCH3 is 2. The first-order valence-electron chi connectivity index (χ1n) is 8.92. The van der Waals surface area contributed by atoms with Crippen molar-refractivity contribution in [1.29, 1.82) is 5.26 Å². The molecule has 3 aromatic rings. The second-order valence-electron chi connectivity index (χ2n) is 6.50. The van der Waals surface area contributed by atoms with Crippen molar-refractivity contribution in [3.63, 3.8) is 0 Å². The number of carbonyl (C=O) groups excluding carboxylic acids is 1. The van der Waals surface area contributed by atoms with Crippen molar-refractivity contribution < 1.29 is 14.3 Å². The highest BCUT2D eigenvalue weighted by Gasteiger charge is 2.13. The number of hydrogen-bond acceptors (Lipinski definition) is 6. The Bertz CT molecular complexity index is 1120. The average Bonchev–Trinajstić information content (AvgIpc) is 2.71. The van der Waals surface area contributed by atoms with Crippen LogP contribution in [0, 0.1) is 25.2 Å². The van der Waals surface area contributed by atoms with Crippen LogP contribution >= 0.6 is 11.8 Å². The Labute approximate surface area is 173 Å². The van der Waals surface area contributed by atoms with Gasteiger partial charge in [0.25, 0.3) is 0 Å². The molecule has 7 heteroatoms. The summed E-state index contributed by atoms with van der Waals surface area (Å²) in [5, 5.41) is 13.8. The van der Waals surface area contributed by atoms with E-state index in [9.17, 15) is 10.1 Å². The first-order valence-corrected chi connectivity index (χ1v) is 9.90. The second-order valence-corrected chi connectivity index (χ2v) is 7.47. The number of fused-ring (bicyclic) bond motifs is 1. The number of hydrogen-bond donors (Lipinski definition) is 1. The molecule has 1 N–H and O–H groups in total. The van der Waals surface area contributed by atoms with E-state index < -0.39 is 0 Å². The van der Waals surface area contributed by atoms with Crippen molar-refractivity contribution >= 4 is 34.3 Å². The minimum Gasteiger partial charge on any atom is -0.497 e. The third-order valence-corrected chi connectivity index (χ3v) is 5.38. The highest BCUT2D eigenvalue weighted by Crippen LogP contribution is 2.30. The number of pyridine rings is 1. The Balaban J connectivity index is 1.80. The smallest absolute Gasteiger partial charge is 0.234 e. The lowest BCUT2D eigenvalue weighted by Crippen LogP contribution is -2.15. The second kappa shape index (κ2) is 8.84. The molecule has 0 fully saturated rings. The number of thioether (sulfide) groups is 1. The Morgan fingerprint density at radius 1 is 1.17 bits per heavy atom. The molecule has 1 heterocycles. The number of aromatic nitrogens is 1. The van der Waals surface area contributed by atoms with Crippen molar-refractivity contribution in [2.75, 3.05) is 25.3 Å². The van der Waals surface area contributed by atoms with Gasteiger partial charge in [-0.1, -0.05) is 17.8 Å². The van der Waals surface area contributed by atoms with Crippen LogP contribution in [0.25, 0.3) is 10.9 Å². The number of anilines is 1. The van der Waals surface area contributed by atoms with Gasteiger partial charge in [-0.15, -0.1) is 0 Å². The quantitative estimate of drug-likeness (QED) is 0.607. The fraction of sp³-hybridized carbons (Fsp3) is 0.227. The SMILES string of the molecule is COc1ccc(OC)c(NC(=O)CSc2nc3cc(C)cc(C)c3cc2C#N)c1. The molecule has 0 radical (unpaired) electrons. The molecule has 0 bridgehead atoms. The molecule has 0 unspecified atom stereocenters. The lowest BCUT2D eigenvalue weighted by Gasteiger charge is -2.12. The molecule has 6 nitrogen and oxygen atoms in total. The Morgan fingerprint density at radius 2 is 1.97 bits per heavy atom. The van der Waals surface area contributed by atoms with Crippen molar-refractivity contribution in [2.45, 2.75) is 18.9 Å². The molecule has 0 saturated carbocycles. The molecule has 0 aliphatic heterocycles. The van der Waals surface area contributed by atoms with Gasteiger partial charge in [-0.2, -0.15) is 5.26 Å². The van der Waals surface area contributed by atoms with Crippen molar-refractivity contribution in [3.8, 4) is 17.6 Å². The van der Waals surface area contributed by atoms with E-state index >= 15 is 0 Å². The van der Waals surface area contributed by atoms with Crippen LogP contribution in [0.1, 0.15) is 16.7 Å². The third-order valence-electron chi connectivity index (χ3n) is 4.39. The molecular weight excluding hydrogens is 386 g/mol. The molecule has 0 spiro atoms. The molecule has 148 valence electrons. The summed E-state index contributed by atoms with van der Waals surface area (Å²) in [7, 11) is 3.09. The summed E-state index contributed by atoms with van der Waals surface area (Å²) in [6, 6.07) is 13.2. The van der Waals surface area contributed by atoms with Crippen LogP contribution in [0.15, 0.2) is 41.4 Å². The normalized spacial score (nSPS) is 10.4. The maximum absolute atomic E-state index is 12.5. The minimum absolute atomic E-state index is 0.109. The van der Waals surface area contributed by atoms with Crippen molar-refractivity contribution in [2.24, 2.45) is 0 Å². The van der Waals surface area contributed by atoms with Gasteiger partial charge in [-0.05, 0) is 49.2 Å². The lowest BCUT2D eigenvalue weighted by atomic mass is 10.1. The van der Waals surface area contributed by atoms with E-state index in [2.05, 4.69) is 22.4 Å². The van der Waals surface area contributed by atoms with Gasteiger partial charge in [0.2, 0.25) is 5.91 Å². The van der Waals surface area contributed by atoms with E-state index in [4.69, 9.17) is 9.47 Å². The topological polar surface area (TPSA) is 84.2 Å². The number of nitrogens with zero attached hydrogens (tertiary/aromatic N) is 2. The summed E-state index contributed by atoms with van der Waals surface area (Å²) in [6.07, 6.45) is 0. The van der Waals surface area contributed by atoms with Crippen LogP contribution in [0.3, 0.4) is 0 Å². The summed E-state index contributed by atoms with van der Waals surface area (Å²) >= 11 is 1.23. The maximum atomic E-state index is 12.5. The number of benzene rings is 2. The van der Waals surface area contributed by atoms with Crippen LogP contribution in [0.4, 0.5) is 5.69 Å². The molecule has 0 saturated heterocycles. The molecule has 0 atom stereocenters. The summed E-state index contributed by atoms with van der Waals surface area (Å²) < 4.78 is 10.5. The van der Waals surface area contributed by atoms with Crippen molar-refractivity contribution in [1.82, 2.24) is 4.98 Å². The van der Waals surface area contributed by atoms with Gasteiger partial charge < -0.3 is 14.8 Å². The summed E-state index contributed by atoms with van der Waals surface area (Å²) in [5.74, 6) is 1.03. The van der Waals surface area contributed by atoms with Gasteiger partial charge >= 0.3 is 0 Å². The number of carbonyl (C=O) groups is 1. The van der Waals surface area contributed by atoms with E-state index in [1.165, 1.54) is 18.9 Å². The minimum atomic E-state index is -0.229. The number of nitrogens with one attached hydrogen (secondary N) is 1. The Morgan fingerprint density at radius 3 is 2.66 bits per heavy atom. The Kier molecular flexibility index (Phi) is 6.25. The largest absolute Gasteiger partial charge is 0.497 e. The predicted molar refractivity (Wildman–Crippen MR) is 115 cm³/mol. The predicted octanol–water partition coefficient (Wildman–Crippen LogP) is 4.47. The van der Waals surface area contributed by atoms with E-state index in [-0.39, 0.29) is 11.7 Å². The van der Waals surface area contributed by atoms with Crippen LogP contribution in [0.2, 0.25) is 0 Å². The van der Waals surface area contributed by atoms with Crippen LogP contribution in [-0.2, 0) is 4.79 Å². The number of amides is 1. The standard InChI is InChI=1S/C22H21N3O3S/c1-13-7-14(2)17-9-15(11-23)22(25-18(17)8-13)29-12-21(26)24-19-10-16(27-3)5-6-20(19)28-4/h5-10H,12H2,1-4H3,(H,24,26). The number of nitriles is 1.